The number of para-hydroxylation sites is 1. The molecule has 0 unspecified atom stereocenters. The topological polar surface area (TPSA) is 65.7 Å². The molecule has 238 valence electrons. The Morgan fingerprint density at radius 1 is 0.659 bits per heavy atom. The van der Waals surface area contributed by atoms with E-state index in [0.717, 1.165) is 6.20 Å². The molecule has 2 heterocycles. The number of alkyl halides is 13. The molecule has 4 rings (SSSR count). The van der Waals surface area contributed by atoms with Crippen LogP contribution in [0.5, 0.6) is 5.88 Å². The molecule has 0 fully saturated rings. The highest BCUT2D eigenvalue weighted by Crippen LogP contribution is 2.60. The van der Waals surface area contributed by atoms with Crippen molar-refractivity contribution in [3.05, 3.63) is 66.5 Å². The van der Waals surface area contributed by atoms with Gasteiger partial charge in [-0.25, -0.2) is 9.67 Å². The van der Waals surface area contributed by atoms with Crippen molar-refractivity contribution in [2.75, 3.05) is 0 Å². The molecular formula is C25H16F13N5O. The summed E-state index contributed by atoms with van der Waals surface area (Å²) in [7, 11) is 0. The zero-order valence-electron chi connectivity index (χ0n) is 21.5. The van der Waals surface area contributed by atoms with Crippen molar-refractivity contribution in [3.63, 3.8) is 0 Å². The molecule has 6 nitrogen and oxygen atoms in total. The van der Waals surface area contributed by atoms with Crippen LogP contribution < -0.4 is 4.74 Å². The number of aromatic nitrogens is 5. The second-order valence-corrected chi connectivity index (χ2v) is 9.22. The van der Waals surface area contributed by atoms with E-state index in [1.54, 1.807) is 54.6 Å². The predicted octanol–water partition coefficient (Wildman–Crippen LogP) is 7.60. The van der Waals surface area contributed by atoms with Crippen molar-refractivity contribution in [3.8, 4) is 17.3 Å². The minimum atomic E-state index is -7.96. The predicted molar refractivity (Wildman–Crippen MR) is 125 cm³/mol. The van der Waals surface area contributed by atoms with Crippen molar-refractivity contribution in [1.82, 2.24) is 25.0 Å². The monoisotopic (exact) mass is 649 g/mol. The van der Waals surface area contributed by atoms with Crippen molar-refractivity contribution < 1.29 is 61.8 Å². The van der Waals surface area contributed by atoms with Crippen molar-refractivity contribution in [1.29, 1.82) is 0 Å². The van der Waals surface area contributed by atoms with E-state index in [1.165, 1.54) is 0 Å². The average molecular weight is 649 g/mol. The maximum absolute atomic E-state index is 14.3. The number of ether oxygens (including phenoxy) is 1. The number of hydrogen-bond donors (Lipinski definition) is 0. The second-order valence-electron chi connectivity index (χ2n) is 9.22. The molecule has 2 aromatic carbocycles. The van der Waals surface area contributed by atoms with Gasteiger partial charge in [0.15, 0.2) is 5.82 Å². The van der Waals surface area contributed by atoms with Gasteiger partial charge >= 0.3 is 35.8 Å². The Kier molecular flexibility index (Phi) is 8.23. The molecule has 0 aliphatic carbocycles. The zero-order valence-corrected chi connectivity index (χ0v) is 21.5. The molecule has 0 saturated carbocycles. The van der Waals surface area contributed by atoms with Gasteiger partial charge in [-0.3, -0.25) is 0 Å². The molecule has 44 heavy (non-hydrogen) atoms. The van der Waals surface area contributed by atoms with Gasteiger partial charge in [0.05, 0.1) is 22.8 Å². The molecule has 0 aliphatic heterocycles. The third-order valence-electron chi connectivity index (χ3n) is 6.29. The number of nitrogens with zero attached hydrogens (tertiary/aromatic N) is 5. The Labute approximate surface area is 237 Å². The van der Waals surface area contributed by atoms with E-state index in [-0.39, 0.29) is 17.4 Å². The Bertz CT molecular complexity index is 1610. The molecule has 0 radical (unpaired) electrons. The van der Waals surface area contributed by atoms with Crippen LogP contribution in [0.2, 0.25) is 0 Å². The van der Waals surface area contributed by atoms with Gasteiger partial charge in [0.25, 0.3) is 0 Å². The van der Waals surface area contributed by atoms with E-state index >= 15 is 0 Å². The Balaban J connectivity index is 1.54. The molecule has 0 amide bonds. The van der Waals surface area contributed by atoms with Gasteiger partial charge in [-0.2, -0.15) is 62.1 Å². The molecule has 19 heteroatoms. The number of halogens is 13. The van der Waals surface area contributed by atoms with E-state index in [4.69, 9.17) is 4.74 Å². The van der Waals surface area contributed by atoms with Gasteiger partial charge in [-0.05, 0) is 12.1 Å². The van der Waals surface area contributed by atoms with Crippen molar-refractivity contribution in [2.24, 2.45) is 0 Å². The van der Waals surface area contributed by atoms with Crippen LogP contribution >= 0.6 is 0 Å². The maximum Gasteiger partial charge on any atom is 0.460 e. The minimum absolute atomic E-state index is 0.0495. The fraction of sp³-hybridized carbons (Fsp3) is 0.360. The first-order valence-electron chi connectivity index (χ1n) is 12.0. The van der Waals surface area contributed by atoms with Gasteiger partial charge < -0.3 is 4.74 Å². The van der Waals surface area contributed by atoms with Crippen LogP contribution in [0.1, 0.15) is 12.1 Å². The van der Waals surface area contributed by atoms with Crippen LogP contribution in [0.3, 0.4) is 0 Å². The van der Waals surface area contributed by atoms with Crippen LogP contribution in [-0.4, -0.2) is 60.8 Å². The molecule has 0 atom stereocenters. The van der Waals surface area contributed by atoms with E-state index in [1.807, 2.05) is 0 Å². The second kappa shape index (κ2) is 11.1. The summed E-state index contributed by atoms with van der Waals surface area (Å²) >= 11 is 0. The molecule has 0 spiro atoms. The number of benzene rings is 2. The number of hydrogen-bond acceptors (Lipinski definition) is 5. The fourth-order valence-corrected chi connectivity index (χ4v) is 3.80. The smallest absolute Gasteiger partial charge is 0.460 e. The van der Waals surface area contributed by atoms with E-state index in [9.17, 15) is 57.1 Å². The lowest BCUT2D eigenvalue weighted by molar-refractivity contribution is -0.440. The number of rotatable bonds is 11. The van der Waals surface area contributed by atoms with Crippen molar-refractivity contribution >= 4 is 10.9 Å². The summed E-state index contributed by atoms with van der Waals surface area (Å²) in [6.45, 7) is -2.06. The highest BCUT2D eigenvalue weighted by Gasteiger charge is 2.90. The Morgan fingerprint density at radius 3 is 1.89 bits per heavy atom. The molecular weight excluding hydrogens is 633 g/mol. The molecule has 0 N–H and O–H groups in total. The van der Waals surface area contributed by atoms with Crippen LogP contribution in [-0.2, 0) is 13.2 Å². The van der Waals surface area contributed by atoms with E-state index in [0.29, 0.717) is 21.1 Å². The lowest BCUT2D eigenvalue weighted by Crippen LogP contribution is -2.70. The zero-order chi connectivity index (χ0) is 32.8. The summed E-state index contributed by atoms with van der Waals surface area (Å²) in [5.74, 6) is -37.1. The molecule has 0 saturated heterocycles. The van der Waals surface area contributed by atoms with E-state index < -0.39 is 55.4 Å². The maximum atomic E-state index is 14.3. The largest absolute Gasteiger partial charge is 0.471 e. The fourth-order valence-electron chi connectivity index (χ4n) is 3.80. The normalized spacial score (nSPS) is 13.8. The highest BCUT2D eigenvalue weighted by atomic mass is 19.4. The third-order valence-corrected chi connectivity index (χ3v) is 6.29. The number of aryl methyl sites for hydroxylation is 1. The van der Waals surface area contributed by atoms with Crippen LogP contribution in [0.25, 0.3) is 22.3 Å². The summed E-state index contributed by atoms with van der Waals surface area (Å²) in [6.07, 6.45) is -9.06. The number of fused-ring (bicyclic) bond motifs is 1. The lowest BCUT2D eigenvalue weighted by atomic mass is 9.92. The highest BCUT2D eigenvalue weighted by molar-refractivity contribution is 5.85. The Hall–Kier alpha value is -4.19. The molecule has 0 aliphatic rings. The van der Waals surface area contributed by atoms with Crippen LogP contribution in [0, 0.1) is 0 Å². The van der Waals surface area contributed by atoms with E-state index in [2.05, 4.69) is 20.3 Å². The van der Waals surface area contributed by atoms with Crippen LogP contribution in [0.15, 0.2) is 60.8 Å². The van der Waals surface area contributed by atoms with Gasteiger partial charge in [0.2, 0.25) is 5.88 Å². The van der Waals surface area contributed by atoms with Crippen LogP contribution in [0.4, 0.5) is 57.1 Å². The first kappa shape index (κ1) is 32.7. The first-order chi connectivity index (χ1) is 20.2. The standard InChI is InChI=1S/C25H16F13N5O/c26-20(27,21(28,29)22(30,31)23(32,33)24(34,35)25(36,37)38)10-11-43-15(12-39-42-43)13-44-19-16-8-4-5-9-17(16)40-18(41-19)14-6-2-1-3-7-14/h1-9,12H,10-11,13H2. The van der Waals surface area contributed by atoms with Gasteiger partial charge in [-0.15, -0.1) is 5.10 Å². The Morgan fingerprint density at radius 2 is 1.25 bits per heavy atom. The summed E-state index contributed by atoms with van der Waals surface area (Å²) in [5.41, 5.74) is 0.737. The van der Waals surface area contributed by atoms with Gasteiger partial charge in [-0.1, -0.05) is 47.7 Å². The molecule has 2 aromatic heterocycles. The van der Waals surface area contributed by atoms with Gasteiger partial charge in [0.1, 0.15) is 6.61 Å². The third kappa shape index (κ3) is 5.47. The summed E-state index contributed by atoms with van der Waals surface area (Å²) in [4.78, 5) is 8.72. The average Bonchev–Trinajstić information content (AvgIpc) is 3.41. The SMILES string of the molecule is FC(F)(F)C(F)(F)C(F)(F)C(F)(F)C(F)(F)C(F)(F)CCn1nncc1COc1nc(-c2ccccc2)nc2ccccc12. The molecule has 0 bridgehead atoms. The van der Waals surface area contributed by atoms with Crippen molar-refractivity contribution in [2.45, 2.75) is 55.4 Å². The quantitative estimate of drug-likeness (QED) is 0.157. The summed E-state index contributed by atoms with van der Waals surface area (Å²) in [6, 6.07) is 15.0. The summed E-state index contributed by atoms with van der Waals surface area (Å²) < 4.78 is 180. The minimum Gasteiger partial charge on any atom is -0.471 e. The summed E-state index contributed by atoms with van der Waals surface area (Å²) in [5, 5.41) is 7.01. The van der Waals surface area contributed by atoms with Gasteiger partial charge in [0, 0.05) is 18.5 Å². The first-order valence-corrected chi connectivity index (χ1v) is 12.0. The lowest BCUT2D eigenvalue weighted by Gasteiger charge is -2.39. The molecule has 4 aromatic rings.